The lowest BCUT2D eigenvalue weighted by Crippen LogP contribution is -2.36. The SMILES string of the molecule is CCOCC1(N)C(c2ccc(OC)cc2)C1S(C)(=O)=O. The molecule has 2 rings (SSSR count). The topological polar surface area (TPSA) is 78.6 Å². The Bertz CT molecular complexity index is 569. The third kappa shape index (κ3) is 2.68. The minimum atomic E-state index is -3.22. The number of ether oxygens (including phenoxy) is 2. The van der Waals surface area contributed by atoms with Crippen LogP contribution < -0.4 is 10.5 Å². The first-order valence-corrected chi connectivity index (χ1v) is 8.49. The molecular weight excluding hydrogens is 278 g/mol. The first-order valence-electron chi connectivity index (χ1n) is 6.54. The maximum Gasteiger partial charge on any atom is 0.152 e. The summed E-state index contributed by atoms with van der Waals surface area (Å²) in [5, 5.41) is -0.588. The predicted molar refractivity (Wildman–Crippen MR) is 77.8 cm³/mol. The van der Waals surface area contributed by atoms with E-state index in [1.54, 1.807) is 7.11 Å². The average molecular weight is 299 g/mol. The minimum absolute atomic E-state index is 0.227. The standard InChI is InChI=1S/C14H21NO4S/c1-4-19-9-14(15)12(13(14)20(3,16)17)10-5-7-11(18-2)8-6-10/h5-8,12-13H,4,9,15H2,1-3H3. The number of rotatable bonds is 6. The maximum atomic E-state index is 11.9. The smallest absolute Gasteiger partial charge is 0.152 e. The number of hydrogen-bond acceptors (Lipinski definition) is 5. The van der Waals surface area contributed by atoms with Gasteiger partial charge in [-0.05, 0) is 24.6 Å². The van der Waals surface area contributed by atoms with E-state index in [1.807, 2.05) is 31.2 Å². The molecule has 0 heterocycles. The molecule has 0 spiro atoms. The van der Waals surface area contributed by atoms with Gasteiger partial charge in [0.2, 0.25) is 0 Å². The van der Waals surface area contributed by atoms with Crippen molar-refractivity contribution in [3.63, 3.8) is 0 Å². The van der Waals surface area contributed by atoms with E-state index in [0.717, 1.165) is 11.3 Å². The normalized spacial score (nSPS) is 29.2. The van der Waals surface area contributed by atoms with Crippen molar-refractivity contribution >= 4 is 9.84 Å². The predicted octanol–water partition coefficient (Wildman–Crippen LogP) is 0.940. The molecule has 1 aliphatic carbocycles. The lowest BCUT2D eigenvalue weighted by Gasteiger charge is -2.11. The minimum Gasteiger partial charge on any atom is -0.497 e. The third-order valence-electron chi connectivity index (χ3n) is 3.79. The van der Waals surface area contributed by atoms with Gasteiger partial charge in [0.15, 0.2) is 9.84 Å². The van der Waals surface area contributed by atoms with Crippen LogP contribution in [0.4, 0.5) is 0 Å². The van der Waals surface area contributed by atoms with E-state index in [1.165, 1.54) is 6.26 Å². The van der Waals surface area contributed by atoms with E-state index in [0.29, 0.717) is 6.61 Å². The fourth-order valence-corrected chi connectivity index (χ4v) is 4.65. The summed E-state index contributed by atoms with van der Waals surface area (Å²) in [5.74, 6) is 0.507. The summed E-state index contributed by atoms with van der Waals surface area (Å²) in [6.07, 6.45) is 1.23. The largest absolute Gasteiger partial charge is 0.497 e. The summed E-state index contributed by atoms with van der Waals surface area (Å²) < 4.78 is 34.3. The molecule has 2 N–H and O–H groups in total. The van der Waals surface area contributed by atoms with Crippen molar-refractivity contribution in [1.29, 1.82) is 0 Å². The molecule has 1 aromatic rings. The summed E-state index contributed by atoms with van der Waals surface area (Å²) in [4.78, 5) is 0. The van der Waals surface area contributed by atoms with Crippen LogP contribution in [0, 0.1) is 0 Å². The Morgan fingerprint density at radius 1 is 1.30 bits per heavy atom. The molecule has 1 aliphatic rings. The van der Waals surface area contributed by atoms with Crippen LogP contribution in [-0.4, -0.2) is 45.8 Å². The zero-order chi connectivity index (χ0) is 15.0. The van der Waals surface area contributed by atoms with Gasteiger partial charge < -0.3 is 15.2 Å². The molecule has 5 nitrogen and oxygen atoms in total. The average Bonchev–Trinajstić information content (AvgIpc) is 3.03. The second-order valence-electron chi connectivity index (χ2n) is 5.25. The highest BCUT2D eigenvalue weighted by Crippen LogP contribution is 2.54. The fraction of sp³-hybridized carbons (Fsp3) is 0.571. The Kier molecular flexibility index (Phi) is 4.09. The molecule has 112 valence electrons. The Morgan fingerprint density at radius 2 is 1.90 bits per heavy atom. The highest BCUT2D eigenvalue weighted by atomic mass is 32.2. The summed E-state index contributed by atoms with van der Waals surface area (Å²) in [6, 6.07) is 7.35. The van der Waals surface area contributed by atoms with Gasteiger partial charge in [0, 0.05) is 18.8 Å². The van der Waals surface area contributed by atoms with Crippen LogP contribution in [-0.2, 0) is 14.6 Å². The molecule has 0 bridgehead atoms. The monoisotopic (exact) mass is 299 g/mol. The summed E-state index contributed by atoms with van der Waals surface area (Å²) in [5.41, 5.74) is 6.35. The van der Waals surface area contributed by atoms with Gasteiger partial charge in [-0.15, -0.1) is 0 Å². The zero-order valence-electron chi connectivity index (χ0n) is 12.0. The van der Waals surface area contributed by atoms with Crippen LogP contribution in [0.5, 0.6) is 5.75 Å². The van der Waals surface area contributed by atoms with Gasteiger partial charge >= 0.3 is 0 Å². The van der Waals surface area contributed by atoms with Crippen molar-refractivity contribution in [1.82, 2.24) is 0 Å². The van der Waals surface area contributed by atoms with Crippen LogP contribution in [0.1, 0.15) is 18.4 Å². The molecule has 0 radical (unpaired) electrons. The number of hydrogen-bond donors (Lipinski definition) is 1. The van der Waals surface area contributed by atoms with Crippen LogP contribution in [0.25, 0.3) is 0 Å². The Balaban J connectivity index is 2.28. The molecular formula is C14H21NO4S. The first-order chi connectivity index (χ1) is 9.34. The molecule has 1 aromatic carbocycles. The van der Waals surface area contributed by atoms with Gasteiger partial charge in [-0.25, -0.2) is 8.42 Å². The fourth-order valence-electron chi connectivity index (χ4n) is 2.82. The number of benzene rings is 1. The number of sulfone groups is 1. The molecule has 1 saturated carbocycles. The van der Waals surface area contributed by atoms with Gasteiger partial charge in [-0.1, -0.05) is 12.1 Å². The second kappa shape index (κ2) is 5.35. The van der Waals surface area contributed by atoms with Crippen molar-refractivity contribution in [2.24, 2.45) is 5.73 Å². The second-order valence-corrected chi connectivity index (χ2v) is 7.42. The summed E-state index contributed by atoms with van der Waals surface area (Å²) >= 11 is 0. The van der Waals surface area contributed by atoms with Crippen molar-refractivity contribution in [2.45, 2.75) is 23.6 Å². The van der Waals surface area contributed by atoms with Crippen molar-refractivity contribution in [3.05, 3.63) is 29.8 Å². The maximum absolute atomic E-state index is 11.9. The molecule has 6 heteroatoms. The molecule has 0 saturated heterocycles. The Morgan fingerprint density at radius 3 is 2.35 bits per heavy atom. The third-order valence-corrected chi connectivity index (χ3v) is 5.43. The highest BCUT2D eigenvalue weighted by molar-refractivity contribution is 7.91. The zero-order valence-corrected chi connectivity index (χ0v) is 12.8. The molecule has 0 aromatic heterocycles. The highest BCUT2D eigenvalue weighted by Gasteiger charge is 2.68. The van der Waals surface area contributed by atoms with E-state index in [2.05, 4.69) is 0 Å². The number of methoxy groups -OCH3 is 1. The quantitative estimate of drug-likeness (QED) is 0.845. The van der Waals surface area contributed by atoms with Crippen LogP contribution in [0.15, 0.2) is 24.3 Å². The van der Waals surface area contributed by atoms with Gasteiger partial charge in [-0.2, -0.15) is 0 Å². The molecule has 3 unspecified atom stereocenters. The molecule has 1 fully saturated rings. The summed E-state index contributed by atoms with van der Waals surface area (Å²) in [7, 11) is -1.63. The van der Waals surface area contributed by atoms with Gasteiger partial charge in [0.1, 0.15) is 5.75 Å². The first kappa shape index (κ1) is 15.3. The van der Waals surface area contributed by atoms with E-state index in [-0.39, 0.29) is 12.5 Å². The molecule has 20 heavy (non-hydrogen) atoms. The van der Waals surface area contributed by atoms with Crippen molar-refractivity contribution in [3.8, 4) is 5.75 Å². The van der Waals surface area contributed by atoms with Gasteiger partial charge in [-0.3, -0.25) is 0 Å². The van der Waals surface area contributed by atoms with Crippen molar-refractivity contribution < 1.29 is 17.9 Å². The molecule has 3 atom stereocenters. The Hall–Kier alpha value is -1.11. The lowest BCUT2D eigenvalue weighted by atomic mass is 10.1. The lowest BCUT2D eigenvalue weighted by molar-refractivity contribution is 0.125. The summed E-state index contributed by atoms with van der Waals surface area (Å²) in [6.45, 7) is 2.63. The van der Waals surface area contributed by atoms with E-state index in [4.69, 9.17) is 15.2 Å². The van der Waals surface area contributed by atoms with Crippen LogP contribution in [0.2, 0.25) is 0 Å². The van der Waals surface area contributed by atoms with Gasteiger partial charge in [0.05, 0.1) is 24.5 Å². The van der Waals surface area contributed by atoms with E-state index in [9.17, 15) is 8.42 Å². The number of nitrogens with two attached hydrogens (primary N) is 1. The van der Waals surface area contributed by atoms with Gasteiger partial charge in [0.25, 0.3) is 0 Å². The Labute approximate surface area is 120 Å². The van der Waals surface area contributed by atoms with E-state index >= 15 is 0 Å². The molecule has 0 aliphatic heterocycles. The van der Waals surface area contributed by atoms with Crippen LogP contribution >= 0.6 is 0 Å². The van der Waals surface area contributed by atoms with Crippen molar-refractivity contribution in [2.75, 3.05) is 26.6 Å². The van der Waals surface area contributed by atoms with Crippen LogP contribution in [0.3, 0.4) is 0 Å². The van der Waals surface area contributed by atoms with E-state index < -0.39 is 20.6 Å². The molecule has 0 amide bonds.